The van der Waals surface area contributed by atoms with Crippen LogP contribution in [0.3, 0.4) is 0 Å². The standard InChI is InChI=1S/C28H24N4O4/c1-31-22-7-5-4-6-20(22)27(33)26(28(31)34)21-15-23(18-10-13-24(35-2)25(14-18)36-3)32(30-21)19-11-8-17(16-29)9-12-19/h4-14,23,33H,15H2,1-3H3. The predicted molar refractivity (Wildman–Crippen MR) is 138 cm³/mol. The zero-order valence-electron chi connectivity index (χ0n) is 20.1. The molecule has 0 aliphatic carbocycles. The van der Waals surface area contributed by atoms with Crippen LogP contribution in [0.25, 0.3) is 10.9 Å². The van der Waals surface area contributed by atoms with Crippen molar-refractivity contribution in [2.75, 3.05) is 19.2 Å². The molecule has 0 bridgehead atoms. The van der Waals surface area contributed by atoms with Gasteiger partial charge in [0.25, 0.3) is 5.56 Å². The normalized spacial score (nSPS) is 15.0. The molecular formula is C28H24N4O4. The minimum atomic E-state index is -0.322. The van der Waals surface area contributed by atoms with Gasteiger partial charge in [0, 0.05) is 18.9 Å². The molecule has 1 atom stereocenters. The highest BCUT2D eigenvalue weighted by Gasteiger charge is 2.33. The maximum atomic E-state index is 13.4. The van der Waals surface area contributed by atoms with Crippen molar-refractivity contribution >= 4 is 22.3 Å². The van der Waals surface area contributed by atoms with E-state index in [0.717, 1.165) is 11.3 Å². The molecule has 8 nitrogen and oxygen atoms in total. The van der Waals surface area contributed by atoms with Crippen LogP contribution in [0.4, 0.5) is 5.69 Å². The lowest BCUT2D eigenvalue weighted by atomic mass is 9.97. The Kier molecular flexibility index (Phi) is 5.82. The van der Waals surface area contributed by atoms with Gasteiger partial charge in [0.15, 0.2) is 11.5 Å². The van der Waals surface area contributed by atoms with E-state index < -0.39 is 0 Å². The number of hydrogen-bond donors (Lipinski definition) is 1. The molecule has 8 heteroatoms. The summed E-state index contributed by atoms with van der Waals surface area (Å²) in [6.45, 7) is 0. The zero-order valence-corrected chi connectivity index (χ0v) is 20.1. The molecular weight excluding hydrogens is 456 g/mol. The van der Waals surface area contributed by atoms with Crippen LogP contribution < -0.4 is 20.0 Å². The highest BCUT2D eigenvalue weighted by Crippen LogP contribution is 2.41. The summed E-state index contributed by atoms with van der Waals surface area (Å²) < 4.78 is 12.4. The summed E-state index contributed by atoms with van der Waals surface area (Å²) in [5.74, 6) is 1.10. The number of methoxy groups -OCH3 is 2. The summed E-state index contributed by atoms with van der Waals surface area (Å²) in [4.78, 5) is 13.4. The van der Waals surface area contributed by atoms with Crippen molar-refractivity contribution in [1.29, 1.82) is 5.26 Å². The van der Waals surface area contributed by atoms with E-state index in [1.165, 1.54) is 4.57 Å². The van der Waals surface area contributed by atoms with Gasteiger partial charge in [0.05, 0.1) is 48.8 Å². The first-order valence-electron chi connectivity index (χ1n) is 11.4. The molecule has 3 aromatic carbocycles. The van der Waals surface area contributed by atoms with E-state index in [1.807, 2.05) is 47.5 Å². The summed E-state index contributed by atoms with van der Waals surface area (Å²) in [6.07, 6.45) is 0.372. The summed E-state index contributed by atoms with van der Waals surface area (Å²) in [7, 11) is 4.84. The molecule has 1 aliphatic rings. The highest BCUT2D eigenvalue weighted by atomic mass is 16.5. The number of pyridine rings is 1. The molecule has 1 aliphatic heterocycles. The van der Waals surface area contributed by atoms with Crippen LogP contribution in [0.15, 0.2) is 76.6 Å². The lowest BCUT2D eigenvalue weighted by molar-refractivity contribution is 0.354. The van der Waals surface area contributed by atoms with Gasteiger partial charge < -0.3 is 19.1 Å². The summed E-state index contributed by atoms with van der Waals surface area (Å²) in [5, 5.41) is 27.6. The largest absolute Gasteiger partial charge is 0.506 e. The number of aryl methyl sites for hydroxylation is 1. The Labute approximate surface area is 207 Å². The second-order valence-electron chi connectivity index (χ2n) is 8.49. The number of aromatic hydroxyl groups is 1. The number of nitriles is 1. The Hall–Kier alpha value is -4.77. The minimum Gasteiger partial charge on any atom is -0.506 e. The fourth-order valence-electron chi connectivity index (χ4n) is 4.65. The molecule has 0 radical (unpaired) electrons. The van der Waals surface area contributed by atoms with Gasteiger partial charge >= 0.3 is 0 Å². The Balaban J connectivity index is 1.67. The van der Waals surface area contributed by atoms with Crippen molar-refractivity contribution in [3.8, 4) is 23.3 Å². The number of benzene rings is 3. The van der Waals surface area contributed by atoms with Gasteiger partial charge in [-0.3, -0.25) is 9.80 Å². The van der Waals surface area contributed by atoms with Gasteiger partial charge in [-0.05, 0) is 54.1 Å². The summed E-state index contributed by atoms with van der Waals surface area (Å²) in [5.41, 5.74) is 3.15. The molecule has 1 unspecified atom stereocenters. The van der Waals surface area contributed by atoms with Crippen molar-refractivity contribution in [3.05, 3.63) is 93.8 Å². The van der Waals surface area contributed by atoms with Crippen molar-refractivity contribution in [2.24, 2.45) is 12.1 Å². The first-order chi connectivity index (χ1) is 17.5. The second kappa shape index (κ2) is 9.12. The molecule has 1 aromatic heterocycles. The number of ether oxygens (including phenoxy) is 2. The number of hydrogen-bond acceptors (Lipinski definition) is 7. The Morgan fingerprint density at radius 3 is 2.44 bits per heavy atom. The molecule has 0 amide bonds. The fourth-order valence-corrected chi connectivity index (χ4v) is 4.65. The van der Waals surface area contributed by atoms with Crippen LogP contribution in [0, 0.1) is 11.3 Å². The number of hydrazone groups is 1. The quantitative estimate of drug-likeness (QED) is 0.452. The minimum absolute atomic E-state index is 0.0832. The van der Waals surface area contributed by atoms with Crippen LogP contribution in [-0.2, 0) is 7.05 Å². The average molecular weight is 481 g/mol. The lowest BCUT2D eigenvalue weighted by Crippen LogP contribution is -2.24. The van der Waals surface area contributed by atoms with Crippen molar-refractivity contribution < 1.29 is 14.6 Å². The average Bonchev–Trinajstić information content (AvgIpc) is 3.36. The summed E-state index contributed by atoms with van der Waals surface area (Å²) >= 11 is 0. The SMILES string of the molecule is COc1ccc(C2CC(c3c(O)c4ccccc4n(C)c3=O)=NN2c2ccc(C#N)cc2)cc1OC. The van der Waals surface area contributed by atoms with Crippen molar-refractivity contribution in [2.45, 2.75) is 12.5 Å². The molecule has 0 spiro atoms. The van der Waals surface area contributed by atoms with Gasteiger partial charge in [-0.15, -0.1) is 0 Å². The molecule has 5 rings (SSSR count). The Morgan fingerprint density at radius 2 is 1.75 bits per heavy atom. The Bertz CT molecular complexity index is 1600. The fraction of sp³-hybridized carbons (Fsp3) is 0.179. The maximum absolute atomic E-state index is 13.4. The van der Waals surface area contributed by atoms with Gasteiger partial charge in [-0.2, -0.15) is 10.4 Å². The third-order valence-electron chi connectivity index (χ3n) is 6.53. The second-order valence-corrected chi connectivity index (χ2v) is 8.49. The third-order valence-corrected chi connectivity index (χ3v) is 6.53. The van der Waals surface area contributed by atoms with Gasteiger partial charge in [-0.1, -0.05) is 18.2 Å². The first-order valence-corrected chi connectivity index (χ1v) is 11.4. The molecule has 0 fully saturated rings. The molecule has 180 valence electrons. The molecule has 4 aromatic rings. The molecule has 2 heterocycles. The van der Waals surface area contributed by atoms with E-state index in [0.29, 0.717) is 40.1 Å². The number of anilines is 1. The predicted octanol–water partition coefficient (Wildman–Crippen LogP) is 4.49. The smallest absolute Gasteiger partial charge is 0.263 e. The van der Waals surface area contributed by atoms with Crippen molar-refractivity contribution in [3.63, 3.8) is 0 Å². The van der Waals surface area contributed by atoms with Crippen LogP contribution >= 0.6 is 0 Å². The lowest BCUT2D eigenvalue weighted by Gasteiger charge is -2.24. The van der Waals surface area contributed by atoms with Crippen LogP contribution in [0.2, 0.25) is 0 Å². The number of aromatic nitrogens is 1. The molecule has 0 saturated heterocycles. The van der Waals surface area contributed by atoms with Crippen LogP contribution in [-0.4, -0.2) is 29.6 Å². The maximum Gasteiger partial charge on any atom is 0.263 e. The molecule has 0 saturated carbocycles. The molecule has 36 heavy (non-hydrogen) atoms. The third kappa shape index (κ3) is 3.71. The Morgan fingerprint density at radius 1 is 1.03 bits per heavy atom. The number of nitrogens with zero attached hydrogens (tertiary/aromatic N) is 4. The monoisotopic (exact) mass is 480 g/mol. The van der Waals surface area contributed by atoms with E-state index in [-0.39, 0.29) is 22.9 Å². The topological polar surface area (TPSA) is 100 Å². The van der Waals surface area contributed by atoms with Gasteiger partial charge in [0.2, 0.25) is 0 Å². The van der Waals surface area contributed by atoms with Gasteiger partial charge in [0.1, 0.15) is 11.3 Å². The number of para-hydroxylation sites is 1. The van der Waals surface area contributed by atoms with Crippen molar-refractivity contribution in [1.82, 2.24) is 4.57 Å². The van der Waals surface area contributed by atoms with Gasteiger partial charge in [-0.25, -0.2) is 0 Å². The zero-order chi connectivity index (χ0) is 25.4. The van der Waals surface area contributed by atoms with Crippen LogP contribution in [0.1, 0.15) is 29.2 Å². The number of rotatable bonds is 5. The molecule has 1 N–H and O–H groups in total. The highest BCUT2D eigenvalue weighted by molar-refractivity contribution is 6.08. The van der Waals surface area contributed by atoms with E-state index in [1.54, 1.807) is 45.5 Å². The van der Waals surface area contributed by atoms with Crippen LogP contribution in [0.5, 0.6) is 17.2 Å². The van der Waals surface area contributed by atoms with E-state index >= 15 is 0 Å². The van der Waals surface area contributed by atoms with E-state index in [9.17, 15) is 15.2 Å². The number of fused-ring (bicyclic) bond motifs is 1. The van der Waals surface area contributed by atoms with E-state index in [4.69, 9.17) is 14.6 Å². The first kappa shape index (κ1) is 23.0. The van der Waals surface area contributed by atoms with E-state index in [2.05, 4.69) is 6.07 Å². The summed E-state index contributed by atoms with van der Waals surface area (Å²) in [6, 6.07) is 21.8.